The Morgan fingerprint density at radius 1 is 1.80 bits per heavy atom. The average molecular weight is 140 g/mol. The van der Waals surface area contributed by atoms with E-state index in [0.717, 1.165) is 5.69 Å². The number of aliphatic hydroxyl groups is 1. The molecule has 0 aliphatic heterocycles. The Labute approximate surface area is 60.3 Å². The lowest BCUT2D eigenvalue weighted by Gasteiger charge is -2.09. The van der Waals surface area contributed by atoms with Crippen molar-refractivity contribution >= 4 is 0 Å². The maximum Gasteiger partial charge on any atom is 0.0724 e. The Morgan fingerprint density at radius 2 is 2.50 bits per heavy atom. The Bertz CT molecular complexity index is 207. The smallest absolute Gasteiger partial charge is 0.0724 e. The minimum absolute atomic E-state index is 0.0926. The van der Waals surface area contributed by atoms with E-state index in [1.165, 1.54) is 0 Å². The SMILES string of the molecule is Cc1ccnn1[C@@H](C)CO. The van der Waals surface area contributed by atoms with Crippen molar-refractivity contribution in [2.75, 3.05) is 6.61 Å². The third-order valence-electron chi connectivity index (χ3n) is 1.55. The highest BCUT2D eigenvalue weighted by molar-refractivity contribution is 4.97. The van der Waals surface area contributed by atoms with Gasteiger partial charge < -0.3 is 5.11 Å². The molecule has 0 spiro atoms. The summed E-state index contributed by atoms with van der Waals surface area (Å²) in [6, 6.07) is 2.02. The van der Waals surface area contributed by atoms with E-state index in [4.69, 9.17) is 5.11 Å². The molecule has 1 aromatic rings. The molecular formula is C7H12N2O. The number of aromatic nitrogens is 2. The number of aryl methyl sites for hydroxylation is 1. The lowest BCUT2D eigenvalue weighted by molar-refractivity contribution is 0.228. The van der Waals surface area contributed by atoms with Gasteiger partial charge in [-0.25, -0.2) is 0 Å². The van der Waals surface area contributed by atoms with Crippen molar-refractivity contribution in [2.24, 2.45) is 0 Å². The molecule has 0 aliphatic rings. The van der Waals surface area contributed by atoms with Crippen LogP contribution in [0.25, 0.3) is 0 Å². The van der Waals surface area contributed by atoms with Gasteiger partial charge in [-0.15, -0.1) is 0 Å². The van der Waals surface area contributed by atoms with Crippen LogP contribution in [0.5, 0.6) is 0 Å². The average Bonchev–Trinajstić information content (AvgIpc) is 2.34. The van der Waals surface area contributed by atoms with E-state index < -0.39 is 0 Å². The van der Waals surface area contributed by atoms with Crippen LogP contribution >= 0.6 is 0 Å². The minimum atomic E-state index is 0.0926. The zero-order valence-electron chi connectivity index (χ0n) is 6.28. The summed E-state index contributed by atoms with van der Waals surface area (Å²) in [5.74, 6) is 0. The molecule has 1 heterocycles. The van der Waals surface area contributed by atoms with Crippen LogP contribution in [-0.2, 0) is 0 Å². The Kier molecular flexibility index (Phi) is 2.06. The summed E-state index contributed by atoms with van der Waals surface area (Å²) in [6.45, 7) is 4.04. The van der Waals surface area contributed by atoms with Crippen molar-refractivity contribution in [3.8, 4) is 0 Å². The maximum absolute atomic E-state index is 8.77. The molecule has 0 radical (unpaired) electrons. The lowest BCUT2D eigenvalue weighted by Crippen LogP contribution is -2.11. The molecule has 0 unspecified atom stereocenters. The molecule has 56 valence electrons. The van der Waals surface area contributed by atoms with Gasteiger partial charge in [0.2, 0.25) is 0 Å². The molecular weight excluding hydrogens is 128 g/mol. The maximum atomic E-state index is 8.77. The molecule has 1 rings (SSSR count). The van der Waals surface area contributed by atoms with Crippen LogP contribution in [0.2, 0.25) is 0 Å². The van der Waals surface area contributed by atoms with Crippen molar-refractivity contribution in [2.45, 2.75) is 19.9 Å². The standard InChI is InChI=1S/C7H12N2O/c1-6-3-4-8-9(6)7(2)5-10/h3-4,7,10H,5H2,1-2H3/t7-/m0/s1. The van der Waals surface area contributed by atoms with Crippen LogP contribution in [0, 0.1) is 6.92 Å². The molecule has 0 bridgehead atoms. The van der Waals surface area contributed by atoms with Crippen molar-refractivity contribution < 1.29 is 5.11 Å². The summed E-state index contributed by atoms with van der Waals surface area (Å²) in [7, 11) is 0. The first-order valence-corrected chi connectivity index (χ1v) is 3.36. The van der Waals surface area contributed by atoms with E-state index in [-0.39, 0.29) is 12.6 Å². The summed E-state index contributed by atoms with van der Waals surface area (Å²) in [5.41, 5.74) is 1.08. The van der Waals surface area contributed by atoms with E-state index in [9.17, 15) is 0 Å². The predicted molar refractivity (Wildman–Crippen MR) is 38.8 cm³/mol. The minimum Gasteiger partial charge on any atom is -0.394 e. The van der Waals surface area contributed by atoms with Crippen molar-refractivity contribution in [3.05, 3.63) is 18.0 Å². The lowest BCUT2D eigenvalue weighted by atomic mass is 10.3. The van der Waals surface area contributed by atoms with Gasteiger partial charge in [-0.1, -0.05) is 0 Å². The quantitative estimate of drug-likeness (QED) is 0.658. The monoisotopic (exact) mass is 140 g/mol. The first kappa shape index (κ1) is 7.28. The summed E-state index contributed by atoms with van der Waals surface area (Å²) >= 11 is 0. The summed E-state index contributed by atoms with van der Waals surface area (Å²) in [5, 5.41) is 12.8. The molecule has 0 saturated carbocycles. The molecule has 0 saturated heterocycles. The van der Waals surface area contributed by atoms with Gasteiger partial charge in [0.1, 0.15) is 0 Å². The van der Waals surface area contributed by atoms with Crippen molar-refractivity contribution in [1.82, 2.24) is 9.78 Å². The van der Waals surface area contributed by atoms with Crippen molar-refractivity contribution in [3.63, 3.8) is 0 Å². The van der Waals surface area contributed by atoms with Gasteiger partial charge in [0.25, 0.3) is 0 Å². The molecule has 1 N–H and O–H groups in total. The van der Waals surface area contributed by atoms with Crippen LogP contribution in [0.1, 0.15) is 18.7 Å². The van der Waals surface area contributed by atoms with Crippen LogP contribution in [-0.4, -0.2) is 21.5 Å². The summed E-state index contributed by atoms with van der Waals surface area (Å²) in [4.78, 5) is 0. The molecule has 1 aromatic heterocycles. The molecule has 1 atom stereocenters. The highest BCUT2D eigenvalue weighted by Crippen LogP contribution is 2.05. The fourth-order valence-corrected chi connectivity index (χ4v) is 0.919. The third-order valence-corrected chi connectivity index (χ3v) is 1.55. The zero-order chi connectivity index (χ0) is 7.56. The van der Waals surface area contributed by atoms with E-state index in [2.05, 4.69) is 5.10 Å². The number of nitrogens with zero attached hydrogens (tertiary/aromatic N) is 2. The Balaban J connectivity index is 2.82. The number of rotatable bonds is 2. The van der Waals surface area contributed by atoms with E-state index in [0.29, 0.717) is 0 Å². The van der Waals surface area contributed by atoms with Crippen molar-refractivity contribution in [1.29, 1.82) is 0 Å². The fourth-order valence-electron chi connectivity index (χ4n) is 0.919. The summed E-state index contributed by atoms with van der Waals surface area (Å²) in [6.07, 6.45) is 1.74. The molecule has 0 amide bonds. The van der Waals surface area contributed by atoms with Gasteiger partial charge in [-0.3, -0.25) is 4.68 Å². The summed E-state index contributed by atoms with van der Waals surface area (Å²) < 4.78 is 1.81. The molecule has 0 fully saturated rings. The topological polar surface area (TPSA) is 38.0 Å². The highest BCUT2D eigenvalue weighted by Gasteiger charge is 2.03. The second-order valence-corrected chi connectivity index (χ2v) is 2.45. The van der Waals surface area contributed by atoms with Gasteiger partial charge in [-0.05, 0) is 19.9 Å². The van der Waals surface area contributed by atoms with Crippen LogP contribution in [0.4, 0.5) is 0 Å². The van der Waals surface area contributed by atoms with E-state index in [1.54, 1.807) is 10.9 Å². The first-order valence-electron chi connectivity index (χ1n) is 3.36. The van der Waals surface area contributed by atoms with Crippen LogP contribution < -0.4 is 0 Å². The van der Waals surface area contributed by atoms with E-state index >= 15 is 0 Å². The normalized spacial score (nSPS) is 13.5. The number of aliphatic hydroxyl groups excluding tert-OH is 1. The Hall–Kier alpha value is -0.830. The van der Waals surface area contributed by atoms with Gasteiger partial charge >= 0.3 is 0 Å². The Morgan fingerprint density at radius 3 is 2.90 bits per heavy atom. The number of hydrogen-bond donors (Lipinski definition) is 1. The number of hydrogen-bond acceptors (Lipinski definition) is 2. The molecule has 3 nitrogen and oxygen atoms in total. The largest absolute Gasteiger partial charge is 0.394 e. The highest BCUT2D eigenvalue weighted by atomic mass is 16.3. The molecule has 10 heavy (non-hydrogen) atoms. The zero-order valence-corrected chi connectivity index (χ0v) is 6.28. The van der Waals surface area contributed by atoms with Crippen LogP contribution in [0.15, 0.2) is 12.3 Å². The second kappa shape index (κ2) is 2.84. The third kappa shape index (κ3) is 1.19. The van der Waals surface area contributed by atoms with Gasteiger partial charge in [-0.2, -0.15) is 5.10 Å². The second-order valence-electron chi connectivity index (χ2n) is 2.45. The fraction of sp³-hybridized carbons (Fsp3) is 0.571. The van der Waals surface area contributed by atoms with E-state index in [1.807, 2.05) is 19.9 Å². The van der Waals surface area contributed by atoms with Crippen LogP contribution in [0.3, 0.4) is 0 Å². The predicted octanol–water partition coefficient (Wildman–Crippen LogP) is 0.745. The van der Waals surface area contributed by atoms with Gasteiger partial charge in [0.15, 0.2) is 0 Å². The van der Waals surface area contributed by atoms with Gasteiger partial charge in [0, 0.05) is 11.9 Å². The first-order chi connectivity index (χ1) is 4.75. The molecule has 0 aromatic carbocycles. The molecule has 0 aliphatic carbocycles. The van der Waals surface area contributed by atoms with Gasteiger partial charge in [0.05, 0.1) is 12.6 Å². The molecule has 3 heteroatoms.